The summed E-state index contributed by atoms with van der Waals surface area (Å²) in [6.45, 7) is 4.70. The monoisotopic (exact) mass is 327 g/mol. The molecule has 0 bridgehead atoms. The lowest BCUT2D eigenvalue weighted by Crippen LogP contribution is -2.34. The van der Waals surface area contributed by atoms with Crippen molar-refractivity contribution in [3.63, 3.8) is 0 Å². The number of rotatable bonds is 3. The zero-order valence-electron chi connectivity index (χ0n) is 14.1. The standard InChI is InChI=1S/C19H21NO4/c1-12-4-6-14(7-5-12)15-8-13(2)20(10-15)19(22)17-9-16(21)18(23-3)11-24-17/h4-7,9,11,13,15H,8,10H2,1-3H3/t13-,15-/m0/s1. The second kappa shape index (κ2) is 6.51. The van der Waals surface area contributed by atoms with Crippen molar-refractivity contribution in [2.45, 2.75) is 32.2 Å². The Morgan fingerprint density at radius 2 is 2.00 bits per heavy atom. The summed E-state index contributed by atoms with van der Waals surface area (Å²) in [7, 11) is 1.39. The van der Waals surface area contributed by atoms with Gasteiger partial charge in [0.25, 0.3) is 5.91 Å². The largest absolute Gasteiger partial charge is 0.490 e. The summed E-state index contributed by atoms with van der Waals surface area (Å²) >= 11 is 0. The van der Waals surface area contributed by atoms with Gasteiger partial charge in [0.15, 0.2) is 5.76 Å². The number of methoxy groups -OCH3 is 1. The van der Waals surface area contributed by atoms with Gasteiger partial charge in [-0.05, 0) is 25.8 Å². The number of nitrogens with zero attached hydrogens (tertiary/aromatic N) is 1. The summed E-state index contributed by atoms with van der Waals surface area (Å²) in [6.07, 6.45) is 2.09. The number of aryl methyl sites for hydroxylation is 1. The van der Waals surface area contributed by atoms with Gasteiger partial charge in [0.2, 0.25) is 11.2 Å². The third kappa shape index (κ3) is 3.07. The molecule has 0 aliphatic carbocycles. The molecule has 1 aliphatic heterocycles. The Morgan fingerprint density at radius 3 is 2.62 bits per heavy atom. The zero-order chi connectivity index (χ0) is 17.3. The molecule has 0 saturated carbocycles. The molecule has 3 rings (SSSR count). The molecule has 0 radical (unpaired) electrons. The Kier molecular flexibility index (Phi) is 4.42. The lowest BCUT2D eigenvalue weighted by molar-refractivity contribution is 0.0710. The molecule has 126 valence electrons. The summed E-state index contributed by atoms with van der Waals surface area (Å²) in [6, 6.07) is 9.71. The predicted octanol–water partition coefficient (Wildman–Crippen LogP) is 2.98. The third-order valence-electron chi connectivity index (χ3n) is 4.61. The van der Waals surface area contributed by atoms with Crippen LogP contribution in [0.5, 0.6) is 5.75 Å². The summed E-state index contributed by atoms with van der Waals surface area (Å²) in [5, 5.41) is 0. The minimum absolute atomic E-state index is 0.0530. The van der Waals surface area contributed by atoms with E-state index in [-0.39, 0.29) is 28.9 Å². The van der Waals surface area contributed by atoms with Gasteiger partial charge in [-0.25, -0.2) is 0 Å². The van der Waals surface area contributed by atoms with Crippen LogP contribution in [0, 0.1) is 6.92 Å². The molecule has 1 amide bonds. The van der Waals surface area contributed by atoms with Crippen LogP contribution in [0.1, 0.15) is 40.9 Å². The molecule has 0 N–H and O–H groups in total. The fraction of sp³-hybridized carbons (Fsp3) is 0.368. The zero-order valence-corrected chi connectivity index (χ0v) is 14.1. The lowest BCUT2D eigenvalue weighted by atomic mass is 9.96. The number of carbonyl (C=O) groups excluding carboxylic acids is 1. The van der Waals surface area contributed by atoms with Crippen molar-refractivity contribution < 1.29 is 13.9 Å². The maximum absolute atomic E-state index is 12.7. The fourth-order valence-corrected chi connectivity index (χ4v) is 3.20. The van der Waals surface area contributed by atoms with Crippen molar-refractivity contribution in [2.24, 2.45) is 0 Å². The van der Waals surface area contributed by atoms with E-state index in [9.17, 15) is 9.59 Å². The number of benzene rings is 1. The van der Waals surface area contributed by atoms with Crippen molar-refractivity contribution in [1.82, 2.24) is 4.90 Å². The Morgan fingerprint density at radius 1 is 1.29 bits per heavy atom. The first-order valence-corrected chi connectivity index (χ1v) is 8.04. The van der Waals surface area contributed by atoms with Crippen molar-refractivity contribution in [1.29, 1.82) is 0 Å². The second-order valence-corrected chi connectivity index (χ2v) is 6.33. The van der Waals surface area contributed by atoms with Crippen LogP contribution in [0.3, 0.4) is 0 Å². The van der Waals surface area contributed by atoms with E-state index < -0.39 is 0 Å². The van der Waals surface area contributed by atoms with Crippen LogP contribution >= 0.6 is 0 Å². The molecular weight excluding hydrogens is 306 g/mol. The van der Waals surface area contributed by atoms with Gasteiger partial charge >= 0.3 is 0 Å². The van der Waals surface area contributed by atoms with Crippen LogP contribution in [0.25, 0.3) is 0 Å². The average Bonchev–Trinajstić information content (AvgIpc) is 2.96. The predicted molar refractivity (Wildman–Crippen MR) is 90.6 cm³/mol. The first-order chi connectivity index (χ1) is 11.5. The van der Waals surface area contributed by atoms with Gasteiger partial charge in [-0.15, -0.1) is 0 Å². The summed E-state index contributed by atoms with van der Waals surface area (Å²) < 4.78 is 10.2. The van der Waals surface area contributed by atoms with Crippen LogP contribution in [0.4, 0.5) is 0 Å². The highest BCUT2D eigenvalue weighted by atomic mass is 16.5. The molecule has 5 heteroatoms. The molecule has 1 aromatic carbocycles. The Bertz CT molecular complexity index is 794. The first kappa shape index (κ1) is 16.3. The van der Waals surface area contributed by atoms with E-state index in [1.807, 2.05) is 6.92 Å². The Hall–Kier alpha value is -2.56. The number of ether oxygens (including phenoxy) is 1. The van der Waals surface area contributed by atoms with E-state index in [4.69, 9.17) is 9.15 Å². The number of amides is 1. The van der Waals surface area contributed by atoms with Crippen LogP contribution < -0.4 is 10.2 Å². The fourth-order valence-electron chi connectivity index (χ4n) is 3.20. The average molecular weight is 327 g/mol. The smallest absolute Gasteiger partial charge is 0.289 e. The number of hydrogen-bond acceptors (Lipinski definition) is 4. The van der Waals surface area contributed by atoms with E-state index in [2.05, 4.69) is 31.2 Å². The lowest BCUT2D eigenvalue weighted by Gasteiger charge is -2.20. The van der Waals surface area contributed by atoms with Gasteiger partial charge in [0.1, 0.15) is 6.26 Å². The van der Waals surface area contributed by atoms with Gasteiger partial charge in [-0.1, -0.05) is 29.8 Å². The molecular formula is C19H21NO4. The highest BCUT2D eigenvalue weighted by molar-refractivity contribution is 5.91. The molecule has 2 atom stereocenters. The van der Waals surface area contributed by atoms with Gasteiger partial charge in [-0.3, -0.25) is 9.59 Å². The number of hydrogen-bond donors (Lipinski definition) is 0. The number of likely N-dealkylation sites (tertiary alicyclic amines) is 1. The molecule has 0 spiro atoms. The molecule has 24 heavy (non-hydrogen) atoms. The van der Waals surface area contributed by atoms with Crippen molar-refractivity contribution >= 4 is 5.91 Å². The Labute approximate surface area is 140 Å². The minimum Gasteiger partial charge on any atom is -0.490 e. The van der Waals surface area contributed by atoms with Crippen molar-refractivity contribution in [2.75, 3.05) is 13.7 Å². The SMILES string of the molecule is COc1coc(C(=O)N2C[C@@H](c3ccc(C)cc3)C[C@@H]2C)cc1=O. The van der Waals surface area contributed by atoms with Crippen molar-refractivity contribution in [3.05, 3.63) is 63.7 Å². The molecule has 1 aromatic heterocycles. The first-order valence-electron chi connectivity index (χ1n) is 8.04. The third-order valence-corrected chi connectivity index (χ3v) is 4.61. The molecule has 0 unspecified atom stereocenters. The van der Waals surface area contributed by atoms with E-state index in [1.165, 1.54) is 30.6 Å². The molecule has 2 heterocycles. The van der Waals surface area contributed by atoms with Crippen LogP contribution in [0.2, 0.25) is 0 Å². The van der Waals surface area contributed by atoms with Gasteiger partial charge in [0, 0.05) is 24.6 Å². The summed E-state index contributed by atoms with van der Waals surface area (Å²) in [4.78, 5) is 26.3. The maximum Gasteiger partial charge on any atom is 0.289 e. The van der Waals surface area contributed by atoms with E-state index >= 15 is 0 Å². The summed E-state index contributed by atoms with van der Waals surface area (Å²) in [5.41, 5.74) is 2.10. The molecule has 2 aromatic rings. The molecule has 5 nitrogen and oxygen atoms in total. The van der Waals surface area contributed by atoms with E-state index in [0.29, 0.717) is 12.5 Å². The highest BCUT2D eigenvalue weighted by Gasteiger charge is 2.34. The molecule has 1 aliphatic rings. The second-order valence-electron chi connectivity index (χ2n) is 6.33. The number of carbonyl (C=O) groups is 1. The molecule has 1 saturated heterocycles. The molecule has 1 fully saturated rings. The van der Waals surface area contributed by atoms with Crippen LogP contribution in [0.15, 0.2) is 45.8 Å². The van der Waals surface area contributed by atoms with E-state index in [1.54, 1.807) is 4.90 Å². The minimum atomic E-state index is -0.353. The normalized spacial score (nSPS) is 20.2. The quantitative estimate of drug-likeness (QED) is 0.869. The van der Waals surface area contributed by atoms with Crippen LogP contribution in [-0.4, -0.2) is 30.5 Å². The highest BCUT2D eigenvalue weighted by Crippen LogP contribution is 2.32. The van der Waals surface area contributed by atoms with Crippen LogP contribution in [-0.2, 0) is 0 Å². The van der Waals surface area contributed by atoms with Gasteiger partial charge in [0.05, 0.1) is 7.11 Å². The van der Waals surface area contributed by atoms with Gasteiger partial charge in [-0.2, -0.15) is 0 Å². The maximum atomic E-state index is 12.7. The van der Waals surface area contributed by atoms with Crippen molar-refractivity contribution in [3.8, 4) is 5.75 Å². The Balaban J connectivity index is 1.79. The topological polar surface area (TPSA) is 59.8 Å². The summed E-state index contributed by atoms with van der Waals surface area (Å²) in [5.74, 6) is 0.196. The van der Waals surface area contributed by atoms with Gasteiger partial charge < -0.3 is 14.1 Å². The van der Waals surface area contributed by atoms with E-state index in [0.717, 1.165) is 6.42 Å².